The third-order valence-electron chi connectivity index (χ3n) is 2.99. The molecule has 6 nitrogen and oxygen atoms in total. The fourth-order valence-electron chi connectivity index (χ4n) is 1.96. The predicted octanol–water partition coefficient (Wildman–Crippen LogP) is 2.89. The van der Waals surface area contributed by atoms with E-state index in [-0.39, 0.29) is 17.1 Å². The summed E-state index contributed by atoms with van der Waals surface area (Å²) in [4.78, 5) is 10.7. The second kappa shape index (κ2) is 7.01. The summed E-state index contributed by atoms with van der Waals surface area (Å²) in [5, 5.41) is 8.86. The van der Waals surface area contributed by atoms with Gasteiger partial charge in [0.05, 0.1) is 19.2 Å². The number of carboxylic acids is 1. The van der Waals surface area contributed by atoms with Crippen molar-refractivity contribution in [1.82, 2.24) is 0 Å². The largest absolute Gasteiger partial charge is 0.495 e. The van der Waals surface area contributed by atoms with E-state index >= 15 is 0 Å². The fraction of sp³-hybridized carbons (Fsp3) is 0.133. The van der Waals surface area contributed by atoms with Gasteiger partial charge in [0.25, 0.3) is 10.0 Å². The zero-order chi connectivity index (χ0) is 17.0. The van der Waals surface area contributed by atoms with E-state index in [0.29, 0.717) is 15.7 Å². The van der Waals surface area contributed by atoms with E-state index in [1.165, 1.54) is 25.3 Å². The average molecular weight is 400 g/mol. The Morgan fingerprint density at radius 1 is 1.26 bits per heavy atom. The number of benzene rings is 2. The second-order valence-corrected chi connectivity index (χ2v) is 7.15. The van der Waals surface area contributed by atoms with Crippen molar-refractivity contribution in [3.8, 4) is 5.75 Å². The fourth-order valence-corrected chi connectivity index (χ4v) is 3.77. The lowest BCUT2D eigenvalue weighted by molar-refractivity contribution is -0.136. The van der Waals surface area contributed by atoms with Gasteiger partial charge in [-0.2, -0.15) is 0 Å². The van der Waals surface area contributed by atoms with Crippen molar-refractivity contribution >= 4 is 37.6 Å². The first-order valence-electron chi connectivity index (χ1n) is 6.49. The van der Waals surface area contributed by atoms with Crippen LogP contribution in [0.2, 0.25) is 0 Å². The summed E-state index contributed by atoms with van der Waals surface area (Å²) in [5.74, 6) is -0.907. The van der Waals surface area contributed by atoms with Crippen LogP contribution in [-0.2, 0) is 21.2 Å². The van der Waals surface area contributed by atoms with Gasteiger partial charge >= 0.3 is 5.97 Å². The molecule has 0 saturated heterocycles. The highest BCUT2D eigenvalue weighted by Crippen LogP contribution is 2.29. The van der Waals surface area contributed by atoms with E-state index in [1.54, 1.807) is 24.3 Å². The number of halogens is 1. The van der Waals surface area contributed by atoms with Gasteiger partial charge in [-0.3, -0.25) is 9.52 Å². The molecular weight excluding hydrogens is 386 g/mol. The zero-order valence-electron chi connectivity index (χ0n) is 12.1. The molecule has 0 aromatic heterocycles. The normalized spacial score (nSPS) is 11.0. The van der Waals surface area contributed by atoms with Crippen molar-refractivity contribution in [2.75, 3.05) is 11.8 Å². The molecule has 23 heavy (non-hydrogen) atoms. The Morgan fingerprint density at radius 3 is 2.57 bits per heavy atom. The van der Waals surface area contributed by atoms with Crippen molar-refractivity contribution < 1.29 is 23.1 Å². The molecule has 0 fully saturated rings. The van der Waals surface area contributed by atoms with Crippen LogP contribution in [0.3, 0.4) is 0 Å². The van der Waals surface area contributed by atoms with Crippen LogP contribution in [0.15, 0.2) is 51.8 Å². The standard InChI is InChI=1S/C15H14BrNO5S/c1-22-13-7-6-10(9-15(18)19)8-14(13)23(20,21)17-12-5-3-2-4-11(12)16/h2-8,17H,9H2,1H3,(H,18,19). The highest BCUT2D eigenvalue weighted by Gasteiger charge is 2.21. The monoisotopic (exact) mass is 399 g/mol. The molecule has 0 aliphatic rings. The Balaban J connectivity index is 2.45. The molecule has 0 aliphatic heterocycles. The molecule has 0 amide bonds. The number of nitrogens with one attached hydrogen (secondary N) is 1. The van der Waals surface area contributed by atoms with Crippen LogP contribution in [0.25, 0.3) is 0 Å². The van der Waals surface area contributed by atoms with Crippen LogP contribution in [0.5, 0.6) is 5.75 Å². The van der Waals surface area contributed by atoms with Crippen LogP contribution in [0.1, 0.15) is 5.56 Å². The van der Waals surface area contributed by atoms with E-state index in [0.717, 1.165) is 0 Å². The first kappa shape index (κ1) is 17.3. The smallest absolute Gasteiger partial charge is 0.307 e. The quantitative estimate of drug-likeness (QED) is 0.778. The Hall–Kier alpha value is -2.06. The minimum atomic E-state index is -3.93. The summed E-state index contributed by atoms with van der Waals surface area (Å²) in [6.45, 7) is 0. The zero-order valence-corrected chi connectivity index (χ0v) is 14.5. The third-order valence-corrected chi connectivity index (χ3v) is 5.07. The van der Waals surface area contributed by atoms with E-state index in [4.69, 9.17) is 9.84 Å². The molecule has 2 aromatic carbocycles. The van der Waals surface area contributed by atoms with Gasteiger partial charge in [-0.1, -0.05) is 18.2 Å². The summed E-state index contributed by atoms with van der Waals surface area (Å²) in [6.07, 6.45) is -0.276. The van der Waals surface area contributed by atoms with Crippen LogP contribution in [0.4, 0.5) is 5.69 Å². The van der Waals surface area contributed by atoms with E-state index < -0.39 is 16.0 Å². The SMILES string of the molecule is COc1ccc(CC(=O)O)cc1S(=O)(=O)Nc1ccccc1Br. The molecule has 0 bridgehead atoms. The molecule has 0 spiro atoms. The van der Waals surface area contributed by atoms with Crippen LogP contribution < -0.4 is 9.46 Å². The molecule has 0 aliphatic carbocycles. The van der Waals surface area contributed by atoms with Gasteiger partial charge in [0.15, 0.2) is 0 Å². The number of methoxy groups -OCH3 is 1. The number of aliphatic carboxylic acids is 1. The number of sulfonamides is 1. The number of hydrogen-bond acceptors (Lipinski definition) is 4. The van der Waals surface area contributed by atoms with E-state index in [9.17, 15) is 13.2 Å². The summed E-state index contributed by atoms with van der Waals surface area (Å²) in [5.41, 5.74) is 0.740. The first-order chi connectivity index (χ1) is 10.8. The minimum absolute atomic E-state index is 0.116. The van der Waals surface area contributed by atoms with E-state index in [1.807, 2.05) is 0 Å². The lowest BCUT2D eigenvalue weighted by Crippen LogP contribution is -2.15. The molecular formula is C15H14BrNO5S. The summed E-state index contributed by atoms with van der Waals surface area (Å²) in [6, 6.07) is 11.0. The number of anilines is 1. The minimum Gasteiger partial charge on any atom is -0.495 e. The summed E-state index contributed by atoms with van der Waals surface area (Å²) >= 11 is 3.27. The Bertz CT molecular complexity index is 836. The maximum absolute atomic E-state index is 12.6. The Morgan fingerprint density at radius 2 is 1.96 bits per heavy atom. The lowest BCUT2D eigenvalue weighted by Gasteiger charge is -2.13. The molecule has 0 saturated carbocycles. The van der Waals surface area contributed by atoms with Gasteiger partial charge in [-0.25, -0.2) is 8.42 Å². The number of carbonyl (C=O) groups is 1. The van der Waals surface area contributed by atoms with Crippen molar-refractivity contribution in [2.45, 2.75) is 11.3 Å². The van der Waals surface area contributed by atoms with Gasteiger partial charge in [0, 0.05) is 4.47 Å². The van der Waals surface area contributed by atoms with Crippen molar-refractivity contribution in [3.63, 3.8) is 0 Å². The Kier molecular flexibility index (Phi) is 5.27. The van der Waals surface area contributed by atoms with Crippen LogP contribution in [-0.4, -0.2) is 26.6 Å². The molecule has 2 aromatic rings. The number of rotatable bonds is 6. The molecule has 2 N–H and O–H groups in total. The second-order valence-electron chi connectivity index (χ2n) is 4.64. The number of carboxylic acid groups (broad SMARTS) is 1. The number of hydrogen-bond donors (Lipinski definition) is 2. The van der Waals surface area contributed by atoms with Gasteiger partial charge in [0.2, 0.25) is 0 Å². The maximum atomic E-state index is 12.6. The number of para-hydroxylation sites is 1. The van der Waals surface area contributed by atoms with Crippen molar-refractivity contribution in [1.29, 1.82) is 0 Å². The number of ether oxygens (including phenoxy) is 1. The first-order valence-corrected chi connectivity index (χ1v) is 8.77. The summed E-state index contributed by atoms with van der Waals surface area (Å²) < 4.78 is 33.3. The van der Waals surface area contributed by atoms with Gasteiger partial charge in [-0.15, -0.1) is 0 Å². The van der Waals surface area contributed by atoms with E-state index in [2.05, 4.69) is 20.7 Å². The molecule has 0 heterocycles. The molecule has 0 unspecified atom stereocenters. The Labute approximate surface area is 142 Å². The van der Waals surface area contributed by atoms with Gasteiger partial charge in [-0.05, 0) is 45.8 Å². The third kappa shape index (κ3) is 4.23. The predicted molar refractivity (Wildman–Crippen MR) is 89.3 cm³/mol. The molecule has 0 radical (unpaired) electrons. The van der Waals surface area contributed by atoms with Crippen molar-refractivity contribution in [3.05, 3.63) is 52.5 Å². The maximum Gasteiger partial charge on any atom is 0.307 e. The summed E-state index contributed by atoms with van der Waals surface area (Å²) in [7, 11) is -2.58. The molecule has 2 rings (SSSR count). The topological polar surface area (TPSA) is 92.7 Å². The average Bonchev–Trinajstić information content (AvgIpc) is 2.49. The highest BCUT2D eigenvalue weighted by molar-refractivity contribution is 9.10. The lowest BCUT2D eigenvalue weighted by atomic mass is 10.1. The van der Waals surface area contributed by atoms with Gasteiger partial charge < -0.3 is 9.84 Å². The highest BCUT2D eigenvalue weighted by atomic mass is 79.9. The molecule has 0 atom stereocenters. The van der Waals surface area contributed by atoms with Crippen LogP contribution >= 0.6 is 15.9 Å². The van der Waals surface area contributed by atoms with Crippen LogP contribution in [0, 0.1) is 0 Å². The van der Waals surface area contributed by atoms with Gasteiger partial charge in [0.1, 0.15) is 10.6 Å². The van der Waals surface area contributed by atoms with Crippen molar-refractivity contribution in [2.24, 2.45) is 0 Å². The molecule has 8 heteroatoms. The molecule has 122 valence electrons.